The highest BCUT2D eigenvalue weighted by Crippen LogP contribution is 2.59. The zero-order valence-electron chi connectivity index (χ0n) is 13.1. The summed E-state index contributed by atoms with van der Waals surface area (Å²) in [5.41, 5.74) is 2.39. The van der Waals surface area contributed by atoms with Crippen LogP contribution < -0.4 is 0 Å². The molecule has 0 N–H and O–H groups in total. The van der Waals surface area contributed by atoms with Crippen LogP contribution in [0, 0.1) is 5.92 Å². The van der Waals surface area contributed by atoms with E-state index < -0.39 is 0 Å². The monoisotopic (exact) mass is 278 g/mol. The van der Waals surface area contributed by atoms with Crippen molar-refractivity contribution in [3.05, 3.63) is 23.8 Å². The van der Waals surface area contributed by atoms with E-state index in [4.69, 9.17) is 14.2 Å². The summed E-state index contributed by atoms with van der Waals surface area (Å²) in [5.74, 6) is 0.275. The van der Waals surface area contributed by atoms with Gasteiger partial charge in [0.05, 0.1) is 24.7 Å². The first kappa shape index (κ1) is 14.3. The molecule has 1 saturated carbocycles. The van der Waals surface area contributed by atoms with Gasteiger partial charge in [0.15, 0.2) is 0 Å². The Bertz CT molecular complexity index is 445. The molecule has 1 aliphatic carbocycles. The Hall–Kier alpha value is -0.640. The lowest BCUT2D eigenvalue weighted by Crippen LogP contribution is -2.49. The van der Waals surface area contributed by atoms with Crippen LogP contribution in [0.25, 0.3) is 0 Å². The molecule has 1 spiro atoms. The van der Waals surface area contributed by atoms with E-state index in [1.165, 1.54) is 11.1 Å². The summed E-state index contributed by atoms with van der Waals surface area (Å²) < 4.78 is 17.7. The summed E-state index contributed by atoms with van der Waals surface area (Å²) in [4.78, 5) is 0. The summed E-state index contributed by atoms with van der Waals surface area (Å²) in [6, 6.07) is 0. The highest BCUT2D eigenvalue weighted by molar-refractivity contribution is 5.26. The number of hydrogen-bond donors (Lipinski definition) is 0. The molecule has 112 valence electrons. The molecule has 0 aromatic heterocycles. The molecule has 3 aliphatic rings. The number of hydrogen-bond acceptors (Lipinski definition) is 3. The van der Waals surface area contributed by atoms with Crippen LogP contribution in [0.5, 0.6) is 0 Å². The van der Waals surface area contributed by atoms with Gasteiger partial charge in [-0.25, -0.2) is 0 Å². The van der Waals surface area contributed by atoms with Crippen molar-refractivity contribution < 1.29 is 14.2 Å². The third kappa shape index (κ3) is 2.16. The average molecular weight is 278 g/mol. The topological polar surface area (TPSA) is 34.3 Å². The molecule has 3 nitrogen and oxygen atoms in total. The summed E-state index contributed by atoms with van der Waals surface area (Å²) in [6.45, 7) is 11.5. The van der Waals surface area contributed by atoms with Crippen LogP contribution in [0.3, 0.4) is 0 Å². The van der Waals surface area contributed by atoms with Crippen LogP contribution in [0.4, 0.5) is 0 Å². The highest BCUT2D eigenvalue weighted by Gasteiger charge is 2.70. The Morgan fingerprint density at radius 3 is 2.75 bits per heavy atom. The fourth-order valence-corrected chi connectivity index (χ4v) is 3.89. The minimum Gasteiger partial charge on any atom is -0.377 e. The van der Waals surface area contributed by atoms with Crippen molar-refractivity contribution in [1.29, 1.82) is 0 Å². The maximum absolute atomic E-state index is 6.10. The van der Waals surface area contributed by atoms with Crippen molar-refractivity contribution in [2.75, 3.05) is 13.7 Å². The normalized spacial score (nSPS) is 46.4. The molecule has 0 radical (unpaired) electrons. The number of methoxy groups -OCH3 is 1. The molecule has 2 saturated heterocycles. The second kappa shape index (κ2) is 4.69. The van der Waals surface area contributed by atoms with Crippen LogP contribution in [-0.2, 0) is 14.2 Å². The van der Waals surface area contributed by atoms with Crippen LogP contribution in [0.1, 0.15) is 40.0 Å². The number of ether oxygens (including phenoxy) is 3. The summed E-state index contributed by atoms with van der Waals surface area (Å²) in [5, 5.41) is 0. The molecule has 2 heterocycles. The third-order valence-corrected chi connectivity index (χ3v) is 5.25. The van der Waals surface area contributed by atoms with E-state index in [0.717, 1.165) is 25.9 Å². The molecule has 2 aliphatic heterocycles. The largest absolute Gasteiger partial charge is 0.377 e. The Labute approximate surface area is 122 Å². The summed E-state index contributed by atoms with van der Waals surface area (Å²) in [6.07, 6.45) is 5.65. The first-order chi connectivity index (χ1) is 9.43. The van der Waals surface area contributed by atoms with Gasteiger partial charge < -0.3 is 14.2 Å². The molecule has 20 heavy (non-hydrogen) atoms. The Kier molecular flexibility index (Phi) is 3.35. The second-order valence-electron chi connectivity index (χ2n) is 6.95. The van der Waals surface area contributed by atoms with Crippen molar-refractivity contribution in [2.24, 2.45) is 5.92 Å². The van der Waals surface area contributed by atoms with Crippen molar-refractivity contribution in [3.63, 3.8) is 0 Å². The second-order valence-corrected chi connectivity index (χ2v) is 6.95. The molecule has 3 fully saturated rings. The van der Waals surface area contributed by atoms with Crippen LogP contribution in [0.15, 0.2) is 23.8 Å². The van der Waals surface area contributed by atoms with Crippen LogP contribution >= 0.6 is 0 Å². The van der Waals surface area contributed by atoms with Crippen molar-refractivity contribution in [1.82, 2.24) is 0 Å². The predicted molar refractivity (Wildman–Crippen MR) is 78.7 cm³/mol. The van der Waals surface area contributed by atoms with Crippen molar-refractivity contribution in [2.45, 2.75) is 63.4 Å². The van der Waals surface area contributed by atoms with Gasteiger partial charge in [-0.15, -0.1) is 0 Å². The van der Waals surface area contributed by atoms with Gasteiger partial charge in [0.1, 0.15) is 11.2 Å². The lowest BCUT2D eigenvalue weighted by Gasteiger charge is -2.39. The fourth-order valence-electron chi connectivity index (χ4n) is 3.89. The molecule has 3 heteroatoms. The lowest BCUT2D eigenvalue weighted by atomic mass is 9.68. The molecule has 0 unspecified atom stereocenters. The maximum Gasteiger partial charge on any atom is 0.101 e. The number of epoxide rings is 2. The molecule has 3 rings (SSSR count). The van der Waals surface area contributed by atoms with Gasteiger partial charge in [0.25, 0.3) is 0 Å². The Morgan fingerprint density at radius 1 is 1.50 bits per heavy atom. The molecular formula is C17H26O3. The van der Waals surface area contributed by atoms with Gasteiger partial charge in [-0.3, -0.25) is 0 Å². The van der Waals surface area contributed by atoms with E-state index in [9.17, 15) is 0 Å². The Morgan fingerprint density at radius 2 is 2.20 bits per heavy atom. The fraction of sp³-hybridized carbons (Fsp3) is 0.765. The van der Waals surface area contributed by atoms with E-state index in [0.29, 0.717) is 0 Å². The quantitative estimate of drug-likeness (QED) is 0.585. The smallest absolute Gasteiger partial charge is 0.101 e. The highest BCUT2D eigenvalue weighted by atomic mass is 16.6. The summed E-state index contributed by atoms with van der Waals surface area (Å²) >= 11 is 0. The zero-order chi connectivity index (χ0) is 14.5. The van der Waals surface area contributed by atoms with E-state index in [1.807, 2.05) is 0 Å². The maximum atomic E-state index is 6.10. The van der Waals surface area contributed by atoms with Crippen molar-refractivity contribution >= 4 is 0 Å². The van der Waals surface area contributed by atoms with Crippen molar-refractivity contribution in [3.8, 4) is 0 Å². The van der Waals surface area contributed by atoms with Crippen LogP contribution in [-0.4, -0.2) is 37.1 Å². The zero-order valence-corrected chi connectivity index (χ0v) is 13.1. The average Bonchev–Trinajstić information content (AvgIpc) is 3.29. The standard InChI is InChI=1S/C17H26O3/c1-11(2)6-7-13-16(4,20-13)15-14(18-5)12(3)8-9-17(15)10-19-17/h6,13-15H,3,7-10H2,1-2,4-5H3/t13-,14-,15-,16-,17+/m1/s1. The van der Waals surface area contributed by atoms with Gasteiger partial charge in [0.2, 0.25) is 0 Å². The number of rotatable bonds is 4. The first-order valence-electron chi connectivity index (χ1n) is 7.58. The molecule has 0 aromatic carbocycles. The molecule has 0 bridgehead atoms. The van der Waals surface area contributed by atoms with E-state index in [-0.39, 0.29) is 29.3 Å². The Balaban J connectivity index is 1.80. The minimum absolute atomic E-state index is 0.0175. The van der Waals surface area contributed by atoms with E-state index in [1.54, 1.807) is 7.11 Å². The van der Waals surface area contributed by atoms with Gasteiger partial charge >= 0.3 is 0 Å². The number of allylic oxidation sites excluding steroid dienone is 1. The molecular weight excluding hydrogens is 252 g/mol. The van der Waals surface area contributed by atoms with Gasteiger partial charge in [0, 0.05) is 7.11 Å². The summed E-state index contributed by atoms with van der Waals surface area (Å²) in [7, 11) is 1.78. The predicted octanol–water partition coefficient (Wildman–Crippen LogP) is 3.25. The third-order valence-electron chi connectivity index (χ3n) is 5.25. The lowest BCUT2D eigenvalue weighted by molar-refractivity contribution is -0.0198. The molecule has 5 atom stereocenters. The molecule has 0 aromatic rings. The van der Waals surface area contributed by atoms with Gasteiger partial charge in [-0.1, -0.05) is 18.2 Å². The van der Waals surface area contributed by atoms with Crippen LogP contribution in [0.2, 0.25) is 0 Å². The van der Waals surface area contributed by atoms with E-state index >= 15 is 0 Å². The van der Waals surface area contributed by atoms with Gasteiger partial charge in [-0.2, -0.15) is 0 Å². The minimum atomic E-state index is -0.132. The first-order valence-corrected chi connectivity index (χ1v) is 7.58. The van der Waals surface area contributed by atoms with E-state index in [2.05, 4.69) is 33.4 Å². The SMILES string of the molecule is C=C1CC[C@]2(CO2)[C@@H]([C@]2(C)O[C@@H]2CC=C(C)C)[C@@H]1OC. The van der Waals surface area contributed by atoms with Gasteiger partial charge in [-0.05, 0) is 45.6 Å². The molecule has 0 amide bonds.